The molecule has 114 valence electrons. The number of amides is 2. The van der Waals surface area contributed by atoms with E-state index in [1.54, 1.807) is 29.2 Å². The number of urea groups is 1. The van der Waals surface area contributed by atoms with Crippen molar-refractivity contribution in [3.8, 4) is 0 Å². The van der Waals surface area contributed by atoms with Gasteiger partial charge in [-0.15, -0.1) is 0 Å². The fourth-order valence-corrected chi connectivity index (χ4v) is 2.83. The Hall–Kier alpha value is -2.04. The molecule has 0 spiro atoms. The van der Waals surface area contributed by atoms with E-state index in [9.17, 15) is 14.7 Å². The second kappa shape index (κ2) is 7.11. The molecule has 1 aromatic rings. The van der Waals surface area contributed by atoms with E-state index in [1.807, 2.05) is 6.07 Å². The summed E-state index contributed by atoms with van der Waals surface area (Å²) in [6, 6.07) is 7.72. The number of carbonyl (C=O) groups is 2. The van der Waals surface area contributed by atoms with Crippen LogP contribution >= 0.6 is 0 Å². The van der Waals surface area contributed by atoms with E-state index in [0.717, 1.165) is 25.7 Å². The zero-order valence-corrected chi connectivity index (χ0v) is 12.3. The van der Waals surface area contributed by atoms with Gasteiger partial charge in [-0.05, 0) is 31.2 Å². The molecule has 1 aliphatic rings. The quantitative estimate of drug-likeness (QED) is 0.896. The third-order valence-electron chi connectivity index (χ3n) is 4.01. The van der Waals surface area contributed by atoms with E-state index >= 15 is 0 Å². The molecule has 1 unspecified atom stereocenters. The molecule has 5 heteroatoms. The molecule has 0 aliphatic carbocycles. The van der Waals surface area contributed by atoms with Crippen molar-refractivity contribution in [3.05, 3.63) is 35.9 Å². The minimum absolute atomic E-state index is 0.212. The van der Waals surface area contributed by atoms with Gasteiger partial charge in [-0.1, -0.05) is 37.3 Å². The van der Waals surface area contributed by atoms with E-state index in [1.165, 1.54) is 0 Å². The third-order valence-corrected chi connectivity index (χ3v) is 4.01. The number of hydrogen-bond acceptors (Lipinski definition) is 2. The molecule has 2 rings (SSSR count). The van der Waals surface area contributed by atoms with E-state index in [-0.39, 0.29) is 12.1 Å². The summed E-state index contributed by atoms with van der Waals surface area (Å²) in [5.74, 6) is -1.04. The molecule has 21 heavy (non-hydrogen) atoms. The molecule has 0 radical (unpaired) electrons. The van der Waals surface area contributed by atoms with E-state index in [4.69, 9.17) is 0 Å². The Morgan fingerprint density at radius 2 is 2.05 bits per heavy atom. The van der Waals surface area contributed by atoms with Crippen molar-refractivity contribution < 1.29 is 14.7 Å². The molecule has 0 bridgehead atoms. The molecule has 0 saturated carbocycles. The van der Waals surface area contributed by atoms with Crippen LogP contribution in [0.4, 0.5) is 4.79 Å². The standard InChI is InChI=1S/C16H22N2O3/c1-2-13-10-6-7-11-18(13)16(21)17-14(15(19)20)12-8-4-3-5-9-12/h3-5,8-9,13-14H,2,6-7,10-11H2,1H3,(H,17,21)(H,19,20)/t13?,14-/m1/s1. The van der Waals surface area contributed by atoms with Crippen molar-refractivity contribution in [1.82, 2.24) is 10.2 Å². The van der Waals surface area contributed by atoms with Crippen LogP contribution in [0.5, 0.6) is 0 Å². The summed E-state index contributed by atoms with van der Waals surface area (Å²) in [5.41, 5.74) is 0.586. The van der Waals surface area contributed by atoms with Crippen molar-refractivity contribution in [1.29, 1.82) is 0 Å². The average Bonchev–Trinajstić information content (AvgIpc) is 2.52. The first-order chi connectivity index (χ1) is 10.1. The highest BCUT2D eigenvalue weighted by atomic mass is 16.4. The van der Waals surface area contributed by atoms with Crippen LogP contribution in [0.1, 0.15) is 44.2 Å². The van der Waals surface area contributed by atoms with Gasteiger partial charge in [0.2, 0.25) is 0 Å². The second-order valence-electron chi connectivity index (χ2n) is 5.38. The summed E-state index contributed by atoms with van der Waals surface area (Å²) in [4.78, 5) is 25.6. The number of rotatable bonds is 4. The lowest BCUT2D eigenvalue weighted by molar-refractivity contribution is -0.139. The number of nitrogens with zero attached hydrogens (tertiary/aromatic N) is 1. The van der Waals surface area contributed by atoms with Crippen LogP contribution in [-0.4, -0.2) is 34.6 Å². The Kier molecular flexibility index (Phi) is 5.20. The SMILES string of the molecule is CCC1CCCCN1C(=O)N[C@@H](C(=O)O)c1ccccc1. The van der Waals surface area contributed by atoms with Gasteiger partial charge in [-0.2, -0.15) is 0 Å². The van der Waals surface area contributed by atoms with Crippen molar-refractivity contribution in [2.45, 2.75) is 44.7 Å². The number of carboxylic acids is 1. The number of carboxylic acid groups (broad SMARTS) is 1. The molecule has 1 saturated heterocycles. The Morgan fingerprint density at radius 3 is 2.67 bits per heavy atom. The topological polar surface area (TPSA) is 69.6 Å². The molecule has 1 aromatic carbocycles. The molecule has 2 atom stereocenters. The molecular formula is C16H22N2O3. The summed E-state index contributed by atoms with van der Waals surface area (Å²) in [6.45, 7) is 2.76. The van der Waals surface area contributed by atoms with Crippen molar-refractivity contribution in [2.75, 3.05) is 6.54 Å². The smallest absolute Gasteiger partial charge is 0.330 e. The van der Waals surface area contributed by atoms with Gasteiger partial charge in [0.1, 0.15) is 0 Å². The van der Waals surface area contributed by atoms with Gasteiger partial charge >= 0.3 is 12.0 Å². The highest BCUT2D eigenvalue weighted by Crippen LogP contribution is 2.21. The predicted molar refractivity (Wildman–Crippen MR) is 80.0 cm³/mol. The van der Waals surface area contributed by atoms with E-state index < -0.39 is 12.0 Å². The Labute approximate surface area is 125 Å². The minimum atomic E-state index is -1.04. The van der Waals surface area contributed by atoms with Gasteiger partial charge in [-0.3, -0.25) is 0 Å². The number of nitrogens with one attached hydrogen (secondary N) is 1. The number of likely N-dealkylation sites (tertiary alicyclic amines) is 1. The van der Waals surface area contributed by atoms with E-state index in [0.29, 0.717) is 12.1 Å². The third kappa shape index (κ3) is 3.74. The molecule has 2 amide bonds. The average molecular weight is 290 g/mol. The van der Waals surface area contributed by atoms with Gasteiger partial charge in [-0.25, -0.2) is 9.59 Å². The normalized spacial score (nSPS) is 19.9. The van der Waals surface area contributed by atoms with Gasteiger partial charge in [0.05, 0.1) is 0 Å². The molecule has 2 N–H and O–H groups in total. The molecule has 0 aromatic heterocycles. The molecule has 1 heterocycles. The number of aliphatic carboxylic acids is 1. The van der Waals surface area contributed by atoms with Crippen molar-refractivity contribution in [3.63, 3.8) is 0 Å². The Bertz CT molecular complexity index is 490. The highest BCUT2D eigenvalue weighted by molar-refractivity contribution is 5.83. The van der Waals surface area contributed by atoms with E-state index in [2.05, 4.69) is 12.2 Å². The fraction of sp³-hybridized carbons (Fsp3) is 0.500. The lowest BCUT2D eigenvalue weighted by Crippen LogP contribution is -2.50. The number of piperidine rings is 1. The zero-order valence-electron chi connectivity index (χ0n) is 12.3. The van der Waals surface area contributed by atoms with Crippen molar-refractivity contribution in [2.24, 2.45) is 0 Å². The first-order valence-corrected chi connectivity index (χ1v) is 7.48. The Balaban J connectivity index is 2.10. The second-order valence-corrected chi connectivity index (χ2v) is 5.38. The first kappa shape index (κ1) is 15.4. The zero-order chi connectivity index (χ0) is 15.2. The van der Waals surface area contributed by atoms with Gasteiger partial charge in [0, 0.05) is 12.6 Å². The summed E-state index contributed by atoms with van der Waals surface area (Å²) >= 11 is 0. The van der Waals surface area contributed by atoms with Crippen LogP contribution in [0.2, 0.25) is 0 Å². The van der Waals surface area contributed by atoms with Crippen LogP contribution in [0.3, 0.4) is 0 Å². The summed E-state index contributed by atoms with van der Waals surface area (Å²) < 4.78 is 0. The lowest BCUT2D eigenvalue weighted by Gasteiger charge is -2.35. The number of benzene rings is 1. The maximum absolute atomic E-state index is 12.4. The largest absolute Gasteiger partial charge is 0.479 e. The van der Waals surface area contributed by atoms with Crippen LogP contribution in [0, 0.1) is 0 Å². The van der Waals surface area contributed by atoms with Gasteiger partial charge in [0.15, 0.2) is 6.04 Å². The maximum atomic E-state index is 12.4. The summed E-state index contributed by atoms with van der Waals surface area (Å²) in [6.07, 6.45) is 4.00. The molecule has 5 nitrogen and oxygen atoms in total. The number of carbonyl (C=O) groups excluding carboxylic acids is 1. The monoisotopic (exact) mass is 290 g/mol. The highest BCUT2D eigenvalue weighted by Gasteiger charge is 2.29. The molecule has 1 fully saturated rings. The predicted octanol–water partition coefficient (Wildman–Crippen LogP) is 2.79. The van der Waals surface area contributed by atoms with Gasteiger partial charge in [0.25, 0.3) is 0 Å². The maximum Gasteiger partial charge on any atom is 0.330 e. The molecule has 1 aliphatic heterocycles. The van der Waals surface area contributed by atoms with Crippen LogP contribution in [-0.2, 0) is 4.79 Å². The number of hydrogen-bond donors (Lipinski definition) is 2. The first-order valence-electron chi connectivity index (χ1n) is 7.48. The Morgan fingerprint density at radius 1 is 1.33 bits per heavy atom. The molecular weight excluding hydrogens is 268 g/mol. The van der Waals surface area contributed by atoms with Crippen LogP contribution in [0.15, 0.2) is 30.3 Å². The van der Waals surface area contributed by atoms with Crippen molar-refractivity contribution >= 4 is 12.0 Å². The lowest BCUT2D eigenvalue weighted by atomic mass is 10.0. The fourth-order valence-electron chi connectivity index (χ4n) is 2.83. The minimum Gasteiger partial charge on any atom is -0.479 e. The van der Waals surface area contributed by atoms with Gasteiger partial charge < -0.3 is 15.3 Å². The van der Waals surface area contributed by atoms with Crippen LogP contribution in [0.25, 0.3) is 0 Å². The summed E-state index contributed by atoms with van der Waals surface area (Å²) in [7, 11) is 0. The van der Waals surface area contributed by atoms with Crippen LogP contribution < -0.4 is 5.32 Å². The summed E-state index contributed by atoms with van der Waals surface area (Å²) in [5, 5.41) is 12.0.